The first-order valence-corrected chi connectivity index (χ1v) is 11.1. The molecule has 29 heavy (non-hydrogen) atoms. The van der Waals surface area contributed by atoms with E-state index in [2.05, 4.69) is 0 Å². The Labute approximate surface area is 171 Å². The quantitative estimate of drug-likeness (QED) is 0.770. The molecule has 3 atom stereocenters. The van der Waals surface area contributed by atoms with Crippen molar-refractivity contribution in [2.45, 2.75) is 49.0 Å². The lowest BCUT2D eigenvalue weighted by molar-refractivity contribution is -0.160. The number of para-hydroxylation sites is 1. The second-order valence-corrected chi connectivity index (χ2v) is 10.1. The number of carbonyl (C=O) groups is 1. The van der Waals surface area contributed by atoms with Gasteiger partial charge in [0.2, 0.25) is 5.91 Å². The van der Waals surface area contributed by atoms with Crippen LogP contribution < -0.4 is 9.47 Å². The van der Waals surface area contributed by atoms with Crippen molar-refractivity contribution in [1.82, 2.24) is 4.90 Å². The summed E-state index contributed by atoms with van der Waals surface area (Å²) in [6, 6.07) is 10.4. The number of sulfone groups is 1. The largest absolute Gasteiger partial charge is 0.493 e. The molecule has 6 nitrogen and oxygen atoms in total. The van der Waals surface area contributed by atoms with Gasteiger partial charge in [-0.25, -0.2) is 8.42 Å². The number of amides is 1. The zero-order valence-corrected chi connectivity index (χ0v) is 18.0. The van der Waals surface area contributed by atoms with E-state index in [1.807, 2.05) is 26.8 Å². The third kappa shape index (κ3) is 2.82. The molecule has 2 aromatic carbocycles. The minimum absolute atomic E-state index is 0.173. The van der Waals surface area contributed by atoms with Crippen molar-refractivity contribution in [3.8, 4) is 11.5 Å². The van der Waals surface area contributed by atoms with Crippen LogP contribution in [0.5, 0.6) is 11.5 Å². The molecule has 1 amide bonds. The molecule has 0 unspecified atom stereocenters. The molecule has 0 radical (unpaired) electrons. The molecule has 0 spiro atoms. The number of methoxy groups -OCH3 is 1. The highest BCUT2D eigenvalue weighted by molar-refractivity contribution is 7.92. The number of piperidine rings is 1. The predicted molar refractivity (Wildman–Crippen MR) is 109 cm³/mol. The molecular formula is C22H25NO5S. The van der Waals surface area contributed by atoms with E-state index in [-0.39, 0.29) is 4.90 Å². The van der Waals surface area contributed by atoms with Gasteiger partial charge in [-0.2, -0.15) is 0 Å². The smallest absolute Gasteiger partial charge is 0.244 e. The maximum atomic E-state index is 13.7. The highest BCUT2D eigenvalue weighted by Crippen LogP contribution is 2.52. The third-order valence-corrected chi connectivity index (χ3v) is 8.45. The second-order valence-electron chi connectivity index (χ2n) is 8.08. The van der Waals surface area contributed by atoms with E-state index in [4.69, 9.17) is 9.47 Å². The summed E-state index contributed by atoms with van der Waals surface area (Å²) in [7, 11) is -0.766. The first kappa shape index (κ1) is 19.8. The van der Waals surface area contributed by atoms with E-state index < -0.39 is 32.6 Å². The summed E-state index contributed by atoms with van der Waals surface area (Å²) in [5.41, 5.74) is 1.64. The lowest BCUT2D eigenvalue weighted by atomic mass is 9.80. The van der Waals surface area contributed by atoms with Crippen LogP contribution in [0.4, 0.5) is 0 Å². The van der Waals surface area contributed by atoms with E-state index >= 15 is 0 Å². The molecule has 0 N–H and O–H groups in total. The van der Waals surface area contributed by atoms with Crippen molar-refractivity contribution >= 4 is 15.7 Å². The SMILES string of the molecule is COc1cccc2c1O[C@@]1(C)C[C@H]2[C@@H](S(=O)(=O)c2ccc(C)c(C)c2)C(=O)N1C. The number of hydrogen-bond acceptors (Lipinski definition) is 5. The molecule has 0 aliphatic carbocycles. The summed E-state index contributed by atoms with van der Waals surface area (Å²) in [5.74, 6) is 0.0708. The van der Waals surface area contributed by atoms with Gasteiger partial charge in [-0.05, 0) is 50.1 Å². The average Bonchev–Trinajstić information content (AvgIpc) is 2.67. The zero-order chi connectivity index (χ0) is 21.1. The maximum Gasteiger partial charge on any atom is 0.244 e. The first-order chi connectivity index (χ1) is 13.6. The van der Waals surface area contributed by atoms with Crippen LogP contribution in [0.15, 0.2) is 41.3 Å². The summed E-state index contributed by atoms with van der Waals surface area (Å²) < 4.78 is 38.9. The van der Waals surface area contributed by atoms with Crippen LogP contribution in [0.2, 0.25) is 0 Å². The third-order valence-electron chi connectivity index (χ3n) is 6.34. The highest BCUT2D eigenvalue weighted by atomic mass is 32.2. The standard InChI is InChI=1S/C22H25NO5S/c1-13-9-10-15(11-14(13)2)29(25,26)20-17-12-22(3,23(4)21(20)24)28-19-16(17)7-6-8-18(19)27-5/h6-11,17,20H,12H2,1-5H3/t17-,20-,22+/m1/s1. The Morgan fingerprint density at radius 1 is 1.17 bits per heavy atom. The van der Waals surface area contributed by atoms with Crippen molar-refractivity contribution < 1.29 is 22.7 Å². The lowest BCUT2D eigenvalue weighted by Gasteiger charge is -2.51. The monoisotopic (exact) mass is 415 g/mol. The number of ether oxygens (including phenoxy) is 2. The molecule has 0 aromatic heterocycles. The van der Waals surface area contributed by atoms with Gasteiger partial charge in [-0.3, -0.25) is 4.79 Å². The number of rotatable bonds is 3. The minimum atomic E-state index is -3.91. The number of carbonyl (C=O) groups excluding carboxylic acids is 1. The summed E-state index contributed by atoms with van der Waals surface area (Å²) in [6.07, 6.45) is 0.393. The van der Waals surface area contributed by atoms with Crippen molar-refractivity contribution in [2.24, 2.45) is 0 Å². The average molecular weight is 416 g/mol. The van der Waals surface area contributed by atoms with Gasteiger partial charge in [0, 0.05) is 24.9 Å². The van der Waals surface area contributed by atoms with Crippen LogP contribution in [0, 0.1) is 13.8 Å². The Morgan fingerprint density at radius 2 is 1.90 bits per heavy atom. The number of hydrogen-bond donors (Lipinski definition) is 0. The number of aryl methyl sites for hydroxylation is 2. The fourth-order valence-corrected chi connectivity index (χ4v) is 6.32. The van der Waals surface area contributed by atoms with Crippen LogP contribution in [-0.4, -0.2) is 44.4 Å². The lowest BCUT2D eigenvalue weighted by Crippen LogP contribution is -2.64. The van der Waals surface area contributed by atoms with Gasteiger partial charge >= 0.3 is 0 Å². The van der Waals surface area contributed by atoms with Crippen molar-refractivity contribution in [3.05, 3.63) is 53.1 Å². The number of fused-ring (bicyclic) bond motifs is 4. The van der Waals surface area contributed by atoms with Crippen LogP contribution in [0.25, 0.3) is 0 Å². The molecule has 2 aromatic rings. The predicted octanol–water partition coefficient (Wildman–Crippen LogP) is 3.21. The second kappa shape index (κ2) is 6.49. The topological polar surface area (TPSA) is 72.9 Å². The Hall–Kier alpha value is -2.54. The molecule has 1 saturated heterocycles. The van der Waals surface area contributed by atoms with E-state index in [1.54, 1.807) is 44.5 Å². The first-order valence-electron chi connectivity index (χ1n) is 9.55. The molecule has 2 heterocycles. The van der Waals surface area contributed by atoms with Gasteiger partial charge in [-0.15, -0.1) is 0 Å². The Bertz CT molecular complexity index is 1110. The summed E-state index contributed by atoms with van der Waals surface area (Å²) in [5, 5.41) is -1.21. The van der Waals surface area contributed by atoms with E-state index in [0.717, 1.165) is 11.1 Å². The highest BCUT2D eigenvalue weighted by Gasteiger charge is 2.57. The minimum Gasteiger partial charge on any atom is -0.493 e. The molecule has 2 aliphatic rings. The molecule has 1 fully saturated rings. The maximum absolute atomic E-state index is 13.7. The molecule has 7 heteroatoms. The van der Waals surface area contributed by atoms with E-state index in [1.165, 1.54) is 4.90 Å². The van der Waals surface area contributed by atoms with Crippen molar-refractivity contribution in [3.63, 3.8) is 0 Å². The Balaban J connectivity index is 1.91. The number of nitrogens with zero attached hydrogens (tertiary/aromatic N) is 1. The molecule has 4 rings (SSSR count). The summed E-state index contributed by atoms with van der Waals surface area (Å²) in [6.45, 7) is 5.61. The van der Waals surface area contributed by atoms with Crippen molar-refractivity contribution in [1.29, 1.82) is 0 Å². The van der Waals surface area contributed by atoms with Gasteiger partial charge in [0.25, 0.3) is 0 Å². The van der Waals surface area contributed by atoms with Gasteiger partial charge in [-0.1, -0.05) is 18.2 Å². The van der Waals surface area contributed by atoms with E-state index in [0.29, 0.717) is 23.5 Å². The molecule has 0 saturated carbocycles. The van der Waals surface area contributed by atoms with Crippen molar-refractivity contribution in [2.75, 3.05) is 14.2 Å². The van der Waals surface area contributed by atoms with Gasteiger partial charge < -0.3 is 14.4 Å². The fourth-order valence-electron chi connectivity index (χ4n) is 4.33. The molecule has 154 valence electrons. The zero-order valence-electron chi connectivity index (χ0n) is 17.2. The summed E-state index contributed by atoms with van der Waals surface area (Å²) in [4.78, 5) is 14.9. The summed E-state index contributed by atoms with van der Waals surface area (Å²) >= 11 is 0. The van der Waals surface area contributed by atoms with Gasteiger partial charge in [0.15, 0.2) is 32.3 Å². The molecular weight excluding hydrogens is 390 g/mol. The molecule has 2 aliphatic heterocycles. The Kier molecular flexibility index (Phi) is 4.42. The fraction of sp³-hybridized carbons (Fsp3) is 0.409. The normalized spacial score (nSPS) is 26.0. The van der Waals surface area contributed by atoms with Crippen LogP contribution in [-0.2, 0) is 14.6 Å². The van der Waals surface area contributed by atoms with Gasteiger partial charge in [0.1, 0.15) is 0 Å². The number of benzene rings is 2. The number of likely N-dealkylation sites (tertiary alicyclic amines) is 1. The Morgan fingerprint density at radius 3 is 2.55 bits per heavy atom. The van der Waals surface area contributed by atoms with Gasteiger partial charge in [0.05, 0.1) is 12.0 Å². The molecule has 2 bridgehead atoms. The van der Waals surface area contributed by atoms with Crippen LogP contribution in [0.1, 0.15) is 36.0 Å². The van der Waals surface area contributed by atoms with Crippen LogP contribution >= 0.6 is 0 Å². The van der Waals surface area contributed by atoms with E-state index in [9.17, 15) is 13.2 Å². The van der Waals surface area contributed by atoms with Crippen LogP contribution in [0.3, 0.4) is 0 Å².